The van der Waals surface area contributed by atoms with Crippen LogP contribution >= 0.6 is 0 Å². The molecule has 2 aromatic rings. The number of carbonyl (C=O) groups is 1. The van der Waals surface area contributed by atoms with Gasteiger partial charge in [0.25, 0.3) is 0 Å². The van der Waals surface area contributed by atoms with Gasteiger partial charge in [0.1, 0.15) is 18.2 Å². The van der Waals surface area contributed by atoms with Gasteiger partial charge in [0.15, 0.2) is 5.78 Å². The Bertz CT molecular complexity index is 555. The number of halogens is 1. The maximum absolute atomic E-state index is 12.8. The Hall–Kier alpha value is -2.30. The molecule has 0 aromatic carbocycles. The lowest BCUT2D eigenvalue weighted by molar-refractivity contribution is 0.101. The van der Waals surface area contributed by atoms with Crippen LogP contribution in [0, 0.1) is 5.82 Å². The smallest absolute Gasteiger partial charge is 0.161 e. The van der Waals surface area contributed by atoms with Crippen LogP contribution < -0.4 is 4.74 Å². The van der Waals surface area contributed by atoms with Crippen LogP contribution in [-0.2, 0) is 6.61 Å². The summed E-state index contributed by atoms with van der Waals surface area (Å²) in [6.07, 6.45) is 4.02. The molecule has 0 N–H and O–H groups in total. The van der Waals surface area contributed by atoms with E-state index >= 15 is 0 Å². The average molecular weight is 246 g/mol. The molecule has 0 aliphatic rings. The van der Waals surface area contributed by atoms with E-state index in [0.717, 1.165) is 6.20 Å². The number of hydrogen-bond acceptors (Lipinski definition) is 4. The number of hydrogen-bond donors (Lipinski definition) is 0. The van der Waals surface area contributed by atoms with Gasteiger partial charge in [-0.1, -0.05) is 0 Å². The van der Waals surface area contributed by atoms with Crippen LogP contribution in [0.25, 0.3) is 0 Å². The number of pyridine rings is 2. The summed E-state index contributed by atoms with van der Waals surface area (Å²) < 4.78 is 18.2. The summed E-state index contributed by atoms with van der Waals surface area (Å²) in [6, 6.07) is 4.62. The first-order valence-corrected chi connectivity index (χ1v) is 5.34. The number of ether oxygens (including phenoxy) is 1. The molecule has 0 radical (unpaired) electrons. The normalized spacial score (nSPS) is 10.1. The summed E-state index contributed by atoms with van der Waals surface area (Å²) in [6.45, 7) is 1.68. The fraction of sp³-hybridized carbons (Fsp3) is 0.154. The Morgan fingerprint density at radius 2 is 2.17 bits per heavy atom. The summed E-state index contributed by atoms with van der Waals surface area (Å²) in [7, 11) is 0. The Labute approximate surface area is 103 Å². The van der Waals surface area contributed by atoms with Gasteiger partial charge in [0, 0.05) is 17.8 Å². The summed E-state index contributed by atoms with van der Waals surface area (Å²) >= 11 is 0. The van der Waals surface area contributed by atoms with Crippen molar-refractivity contribution in [2.45, 2.75) is 13.5 Å². The fourth-order valence-corrected chi connectivity index (χ4v) is 1.35. The Balaban J connectivity index is 2.00. The van der Waals surface area contributed by atoms with Crippen molar-refractivity contribution in [2.75, 3.05) is 0 Å². The summed E-state index contributed by atoms with van der Waals surface area (Å²) in [5, 5.41) is 0. The second kappa shape index (κ2) is 5.35. The van der Waals surface area contributed by atoms with Gasteiger partial charge < -0.3 is 4.74 Å². The molecule has 2 aromatic heterocycles. The second-order valence-electron chi connectivity index (χ2n) is 3.72. The lowest BCUT2D eigenvalue weighted by Gasteiger charge is -2.05. The molecule has 0 amide bonds. The van der Waals surface area contributed by atoms with E-state index in [1.165, 1.54) is 25.4 Å². The third kappa shape index (κ3) is 3.10. The van der Waals surface area contributed by atoms with Crippen molar-refractivity contribution < 1.29 is 13.9 Å². The molecular weight excluding hydrogens is 235 g/mol. The number of nitrogens with zero attached hydrogens (tertiary/aromatic N) is 2. The minimum absolute atomic E-state index is 0.0377. The minimum atomic E-state index is -0.451. The van der Waals surface area contributed by atoms with Crippen LogP contribution in [0.2, 0.25) is 0 Å². The van der Waals surface area contributed by atoms with E-state index in [1.807, 2.05) is 0 Å². The number of rotatable bonds is 4. The molecule has 0 saturated heterocycles. The maximum atomic E-state index is 12.8. The van der Waals surface area contributed by atoms with Gasteiger partial charge >= 0.3 is 0 Å². The quantitative estimate of drug-likeness (QED) is 0.777. The molecule has 2 heterocycles. The zero-order chi connectivity index (χ0) is 13.0. The average Bonchev–Trinajstić information content (AvgIpc) is 2.37. The van der Waals surface area contributed by atoms with Gasteiger partial charge in [-0.2, -0.15) is 0 Å². The minimum Gasteiger partial charge on any atom is -0.486 e. The summed E-state index contributed by atoms with van der Waals surface area (Å²) in [5.74, 6) is -0.149. The molecule has 0 bridgehead atoms. The first-order valence-electron chi connectivity index (χ1n) is 5.34. The van der Waals surface area contributed by atoms with Crippen LogP contribution in [0.5, 0.6) is 5.75 Å². The van der Waals surface area contributed by atoms with Gasteiger partial charge in [-0.25, -0.2) is 4.39 Å². The highest BCUT2D eigenvalue weighted by Crippen LogP contribution is 2.12. The zero-order valence-electron chi connectivity index (χ0n) is 9.76. The first kappa shape index (κ1) is 12.2. The summed E-state index contributed by atoms with van der Waals surface area (Å²) in [5.41, 5.74) is 1.20. The molecule has 18 heavy (non-hydrogen) atoms. The van der Waals surface area contributed by atoms with Gasteiger partial charge in [0.05, 0.1) is 18.1 Å². The largest absolute Gasteiger partial charge is 0.486 e. The Kier molecular flexibility index (Phi) is 3.62. The highest BCUT2D eigenvalue weighted by atomic mass is 19.1. The summed E-state index contributed by atoms with van der Waals surface area (Å²) in [4.78, 5) is 18.8. The number of carbonyl (C=O) groups excluding carboxylic acids is 1. The van der Waals surface area contributed by atoms with Gasteiger partial charge in [-0.3, -0.25) is 14.8 Å². The molecule has 0 fully saturated rings. The molecule has 0 unspecified atom stereocenters. The van der Waals surface area contributed by atoms with Crippen LogP contribution in [0.1, 0.15) is 23.0 Å². The SMILES string of the molecule is CC(=O)c1ccc(COc2cncc(F)c2)nc1. The van der Waals surface area contributed by atoms with Crippen molar-refractivity contribution in [1.29, 1.82) is 0 Å². The van der Waals surface area contributed by atoms with Crippen molar-refractivity contribution in [3.8, 4) is 5.75 Å². The van der Waals surface area contributed by atoms with Crippen LogP contribution in [-0.4, -0.2) is 15.8 Å². The highest BCUT2D eigenvalue weighted by Gasteiger charge is 2.02. The van der Waals surface area contributed by atoms with Crippen LogP contribution in [0.3, 0.4) is 0 Å². The topological polar surface area (TPSA) is 52.1 Å². The second-order valence-corrected chi connectivity index (χ2v) is 3.72. The third-order valence-electron chi connectivity index (χ3n) is 2.30. The molecular formula is C13H11FN2O2. The molecule has 92 valence electrons. The Morgan fingerprint density at radius 1 is 1.33 bits per heavy atom. The number of Topliss-reactive ketones (excluding diaryl/α,β-unsaturated/α-hetero) is 1. The molecule has 5 heteroatoms. The predicted molar refractivity (Wildman–Crippen MR) is 62.8 cm³/mol. The van der Waals surface area contributed by atoms with Crippen molar-refractivity contribution in [3.63, 3.8) is 0 Å². The van der Waals surface area contributed by atoms with E-state index in [4.69, 9.17) is 4.74 Å². The van der Waals surface area contributed by atoms with Crippen molar-refractivity contribution >= 4 is 5.78 Å². The fourth-order valence-electron chi connectivity index (χ4n) is 1.35. The predicted octanol–water partition coefficient (Wildman–Crippen LogP) is 2.40. The first-order chi connectivity index (χ1) is 8.65. The highest BCUT2D eigenvalue weighted by molar-refractivity contribution is 5.93. The van der Waals surface area contributed by atoms with E-state index in [2.05, 4.69) is 9.97 Å². The van der Waals surface area contributed by atoms with E-state index in [-0.39, 0.29) is 12.4 Å². The lowest BCUT2D eigenvalue weighted by Crippen LogP contribution is -2.00. The molecule has 0 atom stereocenters. The van der Waals surface area contributed by atoms with E-state index < -0.39 is 5.82 Å². The van der Waals surface area contributed by atoms with Crippen molar-refractivity contribution in [3.05, 3.63) is 53.9 Å². The van der Waals surface area contributed by atoms with E-state index in [0.29, 0.717) is 17.0 Å². The molecule has 0 saturated carbocycles. The molecule has 0 spiro atoms. The standard InChI is InChI=1S/C13H11FN2O2/c1-9(17)10-2-3-12(16-5-10)8-18-13-4-11(14)6-15-7-13/h2-7H,8H2,1H3. The van der Waals surface area contributed by atoms with Gasteiger partial charge in [0.2, 0.25) is 0 Å². The van der Waals surface area contributed by atoms with Crippen molar-refractivity contribution in [1.82, 2.24) is 9.97 Å². The lowest BCUT2D eigenvalue weighted by atomic mass is 10.2. The van der Waals surface area contributed by atoms with Crippen LogP contribution in [0.4, 0.5) is 4.39 Å². The molecule has 0 aliphatic heterocycles. The molecule has 2 rings (SSSR count). The molecule has 0 aliphatic carbocycles. The number of aromatic nitrogens is 2. The number of ketones is 1. The van der Waals surface area contributed by atoms with Crippen molar-refractivity contribution in [2.24, 2.45) is 0 Å². The van der Waals surface area contributed by atoms with Gasteiger partial charge in [-0.05, 0) is 19.1 Å². The maximum Gasteiger partial charge on any atom is 0.161 e. The molecule has 4 nitrogen and oxygen atoms in total. The van der Waals surface area contributed by atoms with E-state index in [1.54, 1.807) is 12.1 Å². The van der Waals surface area contributed by atoms with Crippen LogP contribution in [0.15, 0.2) is 36.8 Å². The third-order valence-corrected chi connectivity index (χ3v) is 2.30. The Morgan fingerprint density at radius 3 is 2.78 bits per heavy atom. The monoisotopic (exact) mass is 246 g/mol. The van der Waals surface area contributed by atoms with Gasteiger partial charge in [-0.15, -0.1) is 0 Å². The zero-order valence-corrected chi connectivity index (χ0v) is 9.76. The van der Waals surface area contributed by atoms with E-state index in [9.17, 15) is 9.18 Å².